The number of nitrogens with zero attached hydrogens (tertiary/aromatic N) is 2. The molecule has 1 aliphatic heterocycles. The molecule has 1 fully saturated rings. The van der Waals surface area contributed by atoms with Gasteiger partial charge in [-0.1, -0.05) is 6.07 Å². The maximum atomic E-state index is 12.6. The first kappa shape index (κ1) is 15.1. The first-order chi connectivity index (χ1) is 10.6. The Morgan fingerprint density at radius 1 is 1.23 bits per heavy atom. The Labute approximate surface area is 132 Å². The highest BCUT2D eigenvalue weighted by atomic mass is 32.2. The molecule has 3 heterocycles. The third kappa shape index (κ3) is 2.90. The molecule has 1 saturated heterocycles. The molecule has 2 aromatic rings. The van der Waals surface area contributed by atoms with E-state index in [1.165, 1.54) is 10.4 Å². The summed E-state index contributed by atoms with van der Waals surface area (Å²) in [6.07, 6.45) is 3.28. The van der Waals surface area contributed by atoms with Crippen LogP contribution in [0.2, 0.25) is 0 Å². The molecule has 1 N–H and O–H groups in total. The van der Waals surface area contributed by atoms with Crippen molar-refractivity contribution in [3.05, 3.63) is 40.7 Å². The van der Waals surface area contributed by atoms with Crippen molar-refractivity contribution >= 4 is 33.1 Å². The van der Waals surface area contributed by atoms with Gasteiger partial charge in [-0.15, -0.1) is 11.3 Å². The summed E-state index contributed by atoms with van der Waals surface area (Å²) in [7, 11) is -3.60. The van der Waals surface area contributed by atoms with Crippen LogP contribution in [0, 0.1) is 0 Å². The number of aromatic nitrogens is 1. The molecule has 0 atom stereocenters. The van der Waals surface area contributed by atoms with E-state index in [4.69, 9.17) is 0 Å². The number of anilines is 1. The minimum atomic E-state index is -3.60. The number of nitrogens with one attached hydrogen (secondary N) is 1. The average Bonchev–Trinajstić information content (AvgIpc) is 3.20. The van der Waals surface area contributed by atoms with Crippen LogP contribution >= 0.6 is 11.3 Å². The predicted molar refractivity (Wildman–Crippen MR) is 84.5 cm³/mol. The van der Waals surface area contributed by atoms with Gasteiger partial charge in [-0.05, 0) is 36.4 Å². The number of pyridine rings is 1. The SMILES string of the molecule is O=C(Nc1ccccn1)c1sccc1S(=O)(=O)N1CCCC1. The number of carbonyl (C=O) groups is 1. The van der Waals surface area contributed by atoms with Crippen molar-refractivity contribution in [2.24, 2.45) is 0 Å². The van der Waals surface area contributed by atoms with Crippen molar-refractivity contribution in [3.8, 4) is 0 Å². The van der Waals surface area contributed by atoms with Crippen molar-refractivity contribution in [1.82, 2.24) is 9.29 Å². The zero-order valence-electron chi connectivity index (χ0n) is 11.7. The quantitative estimate of drug-likeness (QED) is 0.927. The topological polar surface area (TPSA) is 79.4 Å². The number of carbonyl (C=O) groups excluding carboxylic acids is 1. The van der Waals surface area contributed by atoms with Gasteiger partial charge in [0.15, 0.2) is 0 Å². The van der Waals surface area contributed by atoms with E-state index in [0.717, 1.165) is 24.2 Å². The Morgan fingerprint density at radius 2 is 2.00 bits per heavy atom. The van der Waals surface area contributed by atoms with E-state index in [0.29, 0.717) is 18.9 Å². The molecular formula is C14H15N3O3S2. The van der Waals surface area contributed by atoms with E-state index in [9.17, 15) is 13.2 Å². The second-order valence-electron chi connectivity index (χ2n) is 4.89. The van der Waals surface area contributed by atoms with Crippen LogP contribution in [0.5, 0.6) is 0 Å². The molecule has 0 aliphatic carbocycles. The molecule has 116 valence electrons. The van der Waals surface area contributed by atoms with Crippen molar-refractivity contribution in [3.63, 3.8) is 0 Å². The number of sulfonamides is 1. The molecule has 22 heavy (non-hydrogen) atoms. The molecule has 0 radical (unpaired) electrons. The minimum Gasteiger partial charge on any atom is -0.306 e. The fraction of sp³-hybridized carbons (Fsp3) is 0.286. The summed E-state index contributed by atoms with van der Waals surface area (Å²) in [5, 5.41) is 4.25. The van der Waals surface area contributed by atoms with E-state index >= 15 is 0 Å². The van der Waals surface area contributed by atoms with Gasteiger partial charge in [0.05, 0.1) is 0 Å². The van der Waals surface area contributed by atoms with Crippen molar-refractivity contribution < 1.29 is 13.2 Å². The Balaban J connectivity index is 1.87. The Morgan fingerprint density at radius 3 is 2.68 bits per heavy atom. The molecule has 1 aliphatic rings. The number of rotatable bonds is 4. The molecule has 0 aromatic carbocycles. The molecule has 0 bridgehead atoms. The number of hydrogen-bond acceptors (Lipinski definition) is 5. The minimum absolute atomic E-state index is 0.0767. The average molecular weight is 337 g/mol. The van der Waals surface area contributed by atoms with Crippen molar-refractivity contribution in [1.29, 1.82) is 0 Å². The fourth-order valence-electron chi connectivity index (χ4n) is 2.34. The van der Waals surface area contributed by atoms with E-state index in [1.807, 2.05) is 0 Å². The van der Waals surface area contributed by atoms with Crippen LogP contribution in [0.1, 0.15) is 22.5 Å². The van der Waals surface area contributed by atoms with Crippen LogP contribution in [0.3, 0.4) is 0 Å². The maximum Gasteiger partial charge on any atom is 0.268 e. The third-order valence-corrected chi connectivity index (χ3v) is 6.41. The molecule has 6 nitrogen and oxygen atoms in total. The zero-order valence-corrected chi connectivity index (χ0v) is 13.4. The summed E-state index contributed by atoms with van der Waals surface area (Å²) in [6.45, 7) is 1.03. The van der Waals surface area contributed by atoms with Gasteiger partial charge in [-0.2, -0.15) is 4.31 Å². The van der Waals surface area contributed by atoms with Crippen LogP contribution in [-0.2, 0) is 10.0 Å². The zero-order chi connectivity index (χ0) is 15.6. The lowest BCUT2D eigenvalue weighted by atomic mass is 10.4. The summed E-state index contributed by atoms with van der Waals surface area (Å²) >= 11 is 1.12. The molecule has 0 unspecified atom stereocenters. The first-order valence-electron chi connectivity index (χ1n) is 6.89. The standard InChI is InChI=1S/C14H15N3O3S2/c18-14(16-12-5-1-2-7-15-12)13-11(6-10-21-13)22(19,20)17-8-3-4-9-17/h1-2,5-7,10H,3-4,8-9H2,(H,15,16,18). The number of amides is 1. The Hall–Kier alpha value is -1.77. The van der Waals surface area contributed by atoms with E-state index in [1.54, 1.807) is 29.8 Å². The maximum absolute atomic E-state index is 12.6. The highest BCUT2D eigenvalue weighted by molar-refractivity contribution is 7.89. The predicted octanol–water partition coefficient (Wildman–Crippen LogP) is 2.18. The summed E-state index contributed by atoms with van der Waals surface area (Å²) in [5.41, 5.74) is 0. The summed E-state index contributed by atoms with van der Waals surface area (Å²) < 4.78 is 26.7. The number of thiophene rings is 1. The lowest BCUT2D eigenvalue weighted by Gasteiger charge is -2.15. The first-order valence-corrected chi connectivity index (χ1v) is 9.21. The van der Waals surface area contributed by atoms with Gasteiger partial charge in [0.25, 0.3) is 5.91 Å². The van der Waals surface area contributed by atoms with Gasteiger partial charge in [-0.3, -0.25) is 4.79 Å². The normalized spacial score (nSPS) is 15.8. The van der Waals surface area contributed by atoms with Gasteiger partial charge in [0, 0.05) is 19.3 Å². The van der Waals surface area contributed by atoms with Gasteiger partial charge < -0.3 is 5.32 Å². The van der Waals surface area contributed by atoms with Crippen LogP contribution in [0.25, 0.3) is 0 Å². The van der Waals surface area contributed by atoms with Crippen molar-refractivity contribution in [2.75, 3.05) is 18.4 Å². The van der Waals surface area contributed by atoms with Gasteiger partial charge in [-0.25, -0.2) is 13.4 Å². The summed E-state index contributed by atoms with van der Waals surface area (Å²) in [4.78, 5) is 16.6. The van der Waals surface area contributed by atoms with Crippen LogP contribution in [0.15, 0.2) is 40.7 Å². The van der Waals surface area contributed by atoms with Gasteiger partial charge >= 0.3 is 0 Å². The highest BCUT2D eigenvalue weighted by Gasteiger charge is 2.31. The van der Waals surface area contributed by atoms with Crippen LogP contribution in [0.4, 0.5) is 5.82 Å². The lowest BCUT2D eigenvalue weighted by Crippen LogP contribution is -2.29. The van der Waals surface area contributed by atoms with Crippen LogP contribution < -0.4 is 5.32 Å². The largest absolute Gasteiger partial charge is 0.306 e. The summed E-state index contributed by atoms with van der Waals surface area (Å²) in [6, 6.07) is 6.63. The molecular weight excluding hydrogens is 322 g/mol. The smallest absolute Gasteiger partial charge is 0.268 e. The number of hydrogen-bond donors (Lipinski definition) is 1. The van der Waals surface area contributed by atoms with E-state index < -0.39 is 15.9 Å². The molecule has 0 saturated carbocycles. The van der Waals surface area contributed by atoms with Gasteiger partial charge in [0.2, 0.25) is 10.0 Å². The van der Waals surface area contributed by atoms with Gasteiger partial charge in [0.1, 0.15) is 15.6 Å². The second kappa shape index (κ2) is 6.15. The highest BCUT2D eigenvalue weighted by Crippen LogP contribution is 2.28. The monoisotopic (exact) mass is 337 g/mol. The molecule has 8 heteroatoms. The van der Waals surface area contributed by atoms with Crippen LogP contribution in [-0.4, -0.2) is 36.7 Å². The molecule has 1 amide bonds. The van der Waals surface area contributed by atoms with Crippen molar-refractivity contribution in [2.45, 2.75) is 17.7 Å². The summed E-state index contributed by atoms with van der Waals surface area (Å²) in [5.74, 6) is -0.0584. The lowest BCUT2D eigenvalue weighted by molar-refractivity contribution is 0.102. The second-order valence-corrected chi connectivity index (χ2v) is 7.72. The molecule has 0 spiro atoms. The fourth-order valence-corrected chi connectivity index (χ4v) is 5.16. The molecule has 3 rings (SSSR count). The molecule has 2 aromatic heterocycles. The Kier molecular flexibility index (Phi) is 4.23. The Bertz CT molecular complexity index is 766. The van der Waals surface area contributed by atoms with E-state index in [2.05, 4.69) is 10.3 Å². The van der Waals surface area contributed by atoms with E-state index in [-0.39, 0.29) is 9.77 Å². The third-order valence-electron chi connectivity index (χ3n) is 3.42.